The van der Waals surface area contributed by atoms with Gasteiger partial charge in [-0.2, -0.15) is 18.3 Å². The van der Waals surface area contributed by atoms with Gasteiger partial charge in [0.2, 0.25) is 0 Å². The van der Waals surface area contributed by atoms with Crippen LogP contribution >= 0.6 is 11.6 Å². The number of anilines is 1. The van der Waals surface area contributed by atoms with Gasteiger partial charge in [-0.1, -0.05) is 17.7 Å². The Morgan fingerprint density at radius 2 is 2.15 bits per heavy atom. The number of nitrogens with one attached hydrogen (secondary N) is 2. The number of amides is 1. The first-order valence-electron chi connectivity index (χ1n) is 7.94. The Morgan fingerprint density at radius 3 is 2.69 bits per heavy atom. The van der Waals surface area contributed by atoms with Crippen LogP contribution in [0.2, 0.25) is 5.02 Å². The van der Waals surface area contributed by atoms with Gasteiger partial charge in [-0.15, -0.1) is 0 Å². The largest absolute Gasteiger partial charge is 0.432 e. The third-order valence-electron chi connectivity index (χ3n) is 4.26. The highest BCUT2D eigenvalue weighted by Crippen LogP contribution is 2.29. The van der Waals surface area contributed by atoms with Gasteiger partial charge in [0.15, 0.2) is 5.69 Å². The van der Waals surface area contributed by atoms with Crippen molar-refractivity contribution >= 4 is 23.2 Å². The summed E-state index contributed by atoms with van der Waals surface area (Å²) in [7, 11) is 0. The quantitative estimate of drug-likeness (QED) is 0.688. The third-order valence-corrected chi connectivity index (χ3v) is 4.61. The van der Waals surface area contributed by atoms with E-state index in [4.69, 9.17) is 17.3 Å². The van der Waals surface area contributed by atoms with Crippen LogP contribution in [0, 0.1) is 0 Å². The molecule has 0 spiro atoms. The molecular weight excluding hydrogens is 371 g/mol. The topological polar surface area (TPSA) is 87.0 Å². The number of aromatic nitrogens is 2. The lowest BCUT2D eigenvalue weighted by Crippen LogP contribution is -2.51. The van der Waals surface area contributed by atoms with Gasteiger partial charge < -0.3 is 16.0 Å². The molecule has 0 radical (unpaired) electrons. The average molecular weight is 388 g/mol. The van der Waals surface area contributed by atoms with Gasteiger partial charge in [0, 0.05) is 41.5 Å². The fourth-order valence-electron chi connectivity index (χ4n) is 2.66. The lowest BCUT2D eigenvalue weighted by Gasteiger charge is -2.33. The van der Waals surface area contributed by atoms with E-state index in [1.54, 1.807) is 18.2 Å². The maximum Gasteiger partial charge on any atom is 0.432 e. The molecule has 0 aliphatic carbocycles. The summed E-state index contributed by atoms with van der Waals surface area (Å²) in [4.78, 5) is 14.2. The number of benzene rings is 1. The van der Waals surface area contributed by atoms with E-state index >= 15 is 0 Å². The minimum atomic E-state index is -4.60. The smallest absolute Gasteiger partial charge is 0.398 e. The van der Waals surface area contributed by atoms with Crippen LogP contribution in [-0.2, 0) is 12.7 Å². The van der Waals surface area contributed by atoms with Crippen molar-refractivity contribution < 1.29 is 18.0 Å². The summed E-state index contributed by atoms with van der Waals surface area (Å²) in [5.41, 5.74) is 5.53. The van der Waals surface area contributed by atoms with E-state index in [1.165, 1.54) is 4.90 Å². The van der Waals surface area contributed by atoms with E-state index < -0.39 is 17.8 Å². The van der Waals surface area contributed by atoms with Gasteiger partial charge in [0.05, 0.1) is 0 Å². The number of nitrogen functional groups attached to an aromatic ring is 1. The number of halogens is 4. The highest BCUT2D eigenvalue weighted by molar-refractivity contribution is 6.31. The van der Waals surface area contributed by atoms with Crippen LogP contribution in [0.15, 0.2) is 24.3 Å². The molecule has 1 atom stereocenters. The first-order chi connectivity index (χ1) is 12.3. The second-order valence-corrected chi connectivity index (χ2v) is 6.50. The Balaban J connectivity index is 1.85. The van der Waals surface area contributed by atoms with Gasteiger partial charge in [0.25, 0.3) is 5.91 Å². The summed E-state index contributed by atoms with van der Waals surface area (Å²) < 4.78 is 38.3. The van der Waals surface area contributed by atoms with E-state index in [9.17, 15) is 18.0 Å². The van der Waals surface area contributed by atoms with Crippen molar-refractivity contribution in [3.63, 3.8) is 0 Å². The van der Waals surface area contributed by atoms with Crippen molar-refractivity contribution in [1.29, 1.82) is 0 Å². The van der Waals surface area contributed by atoms with Crippen LogP contribution in [0.25, 0.3) is 0 Å². The van der Waals surface area contributed by atoms with E-state index in [0.717, 1.165) is 13.0 Å². The standard InChI is InChI=1S/C16H17ClF3N5O/c17-11-2-1-3-12(21)10(11)8-25(7-9-4-5-22-9)15(26)13-6-14(24-23-13)16(18,19)20/h1-3,6,9,22H,4-5,7-8,21H2,(H,23,24). The summed E-state index contributed by atoms with van der Waals surface area (Å²) in [5, 5.41) is 8.93. The number of carbonyl (C=O) groups excluding carboxylic acids is 1. The van der Waals surface area contributed by atoms with Gasteiger partial charge in [-0.3, -0.25) is 9.89 Å². The monoisotopic (exact) mass is 387 g/mol. The first-order valence-corrected chi connectivity index (χ1v) is 8.31. The summed E-state index contributed by atoms with van der Waals surface area (Å²) >= 11 is 6.17. The molecule has 0 saturated carbocycles. The maximum absolute atomic E-state index is 12.8. The molecule has 1 aliphatic rings. The molecule has 4 N–H and O–H groups in total. The molecule has 2 aromatic rings. The summed E-state index contributed by atoms with van der Waals surface area (Å²) in [6, 6.07) is 5.77. The van der Waals surface area contributed by atoms with Crippen LogP contribution < -0.4 is 11.1 Å². The minimum Gasteiger partial charge on any atom is -0.398 e. The second-order valence-electron chi connectivity index (χ2n) is 6.10. The van der Waals surface area contributed by atoms with Gasteiger partial charge >= 0.3 is 6.18 Å². The molecule has 3 rings (SSSR count). The maximum atomic E-state index is 12.8. The predicted molar refractivity (Wildman–Crippen MR) is 90.6 cm³/mol. The van der Waals surface area contributed by atoms with Crippen molar-refractivity contribution in [2.75, 3.05) is 18.8 Å². The van der Waals surface area contributed by atoms with E-state index in [-0.39, 0.29) is 18.3 Å². The Kier molecular flexibility index (Phi) is 5.10. The summed E-state index contributed by atoms with van der Waals surface area (Å²) in [6.45, 7) is 1.23. The Morgan fingerprint density at radius 1 is 1.42 bits per heavy atom. The Bertz CT molecular complexity index is 783. The molecule has 1 aliphatic heterocycles. The van der Waals surface area contributed by atoms with Crippen molar-refractivity contribution in [1.82, 2.24) is 20.4 Å². The molecule has 26 heavy (non-hydrogen) atoms. The molecule has 6 nitrogen and oxygen atoms in total. The van der Waals surface area contributed by atoms with Crippen LogP contribution in [0.5, 0.6) is 0 Å². The number of nitrogens with two attached hydrogens (primary N) is 1. The molecule has 1 amide bonds. The average Bonchev–Trinajstić information content (AvgIpc) is 3.01. The van der Waals surface area contributed by atoms with Gasteiger partial charge in [0.1, 0.15) is 5.69 Å². The van der Waals surface area contributed by atoms with Gasteiger partial charge in [-0.05, 0) is 25.1 Å². The molecule has 1 aromatic carbocycles. The van der Waals surface area contributed by atoms with E-state index in [1.807, 2.05) is 5.10 Å². The van der Waals surface area contributed by atoms with Crippen molar-refractivity contribution in [3.05, 3.63) is 46.2 Å². The zero-order valence-electron chi connectivity index (χ0n) is 13.6. The fraction of sp³-hybridized carbons (Fsp3) is 0.375. The molecule has 1 aromatic heterocycles. The lowest BCUT2D eigenvalue weighted by atomic mass is 10.1. The molecule has 140 valence electrons. The second kappa shape index (κ2) is 7.16. The number of H-pyrrole nitrogens is 1. The van der Waals surface area contributed by atoms with Crippen LogP contribution in [-0.4, -0.2) is 40.1 Å². The van der Waals surface area contributed by atoms with Crippen LogP contribution in [0.3, 0.4) is 0 Å². The third kappa shape index (κ3) is 3.94. The Hall–Kier alpha value is -2.26. The van der Waals surface area contributed by atoms with Gasteiger partial charge in [-0.25, -0.2) is 0 Å². The van der Waals surface area contributed by atoms with E-state index in [2.05, 4.69) is 10.4 Å². The zero-order valence-corrected chi connectivity index (χ0v) is 14.4. The van der Waals surface area contributed by atoms with E-state index in [0.29, 0.717) is 28.9 Å². The van der Waals surface area contributed by atoms with Crippen molar-refractivity contribution in [2.24, 2.45) is 0 Å². The van der Waals surface area contributed by atoms with Crippen LogP contribution in [0.4, 0.5) is 18.9 Å². The molecule has 10 heteroatoms. The number of rotatable bonds is 5. The molecule has 0 bridgehead atoms. The molecule has 1 fully saturated rings. The Labute approximate surface area is 152 Å². The molecule has 1 unspecified atom stereocenters. The van der Waals surface area contributed by atoms with Crippen LogP contribution in [0.1, 0.15) is 28.2 Å². The number of nitrogens with zero attached hydrogens (tertiary/aromatic N) is 2. The SMILES string of the molecule is Nc1cccc(Cl)c1CN(CC1CCN1)C(=O)c1cc(C(F)(F)F)[nH]n1. The highest BCUT2D eigenvalue weighted by atomic mass is 35.5. The predicted octanol–water partition coefficient (Wildman–Crippen LogP) is 2.67. The number of aromatic amines is 1. The lowest BCUT2D eigenvalue weighted by molar-refractivity contribution is -0.141. The molecular formula is C16H17ClF3N5O. The van der Waals surface area contributed by atoms with Crippen molar-refractivity contribution in [2.45, 2.75) is 25.2 Å². The normalized spacial score (nSPS) is 17.0. The number of alkyl halides is 3. The molecule has 2 heterocycles. The van der Waals surface area contributed by atoms with Crippen molar-refractivity contribution in [3.8, 4) is 0 Å². The molecule has 1 saturated heterocycles. The zero-order chi connectivity index (χ0) is 18.9. The minimum absolute atomic E-state index is 0.0729. The summed E-state index contributed by atoms with van der Waals surface area (Å²) in [6.07, 6.45) is -3.73. The highest BCUT2D eigenvalue weighted by Gasteiger charge is 2.35. The fourth-order valence-corrected chi connectivity index (χ4v) is 2.90. The summed E-state index contributed by atoms with van der Waals surface area (Å²) in [5.74, 6) is -0.621. The number of hydrogen-bond donors (Lipinski definition) is 3. The first kappa shape index (κ1) is 18.5. The number of carbonyl (C=O) groups is 1. The number of hydrogen-bond acceptors (Lipinski definition) is 4.